The molecule has 0 bridgehead atoms. The van der Waals surface area contributed by atoms with E-state index in [9.17, 15) is 0 Å². The molecule has 1 aromatic carbocycles. The molecule has 0 aliphatic rings. The third-order valence-electron chi connectivity index (χ3n) is 2.48. The highest BCUT2D eigenvalue weighted by atomic mass is 35.5. The minimum absolute atomic E-state index is 0. The van der Waals surface area contributed by atoms with E-state index in [1.807, 2.05) is 12.3 Å². The Balaban J connectivity index is 0.00000112. The van der Waals surface area contributed by atoms with Crippen LogP contribution in [0.1, 0.15) is 18.0 Å². The first-order chi connectivity index (χ1) is 6.81. The Bertz CT molecular complexity index is 424. The van der Waals surface area contributed by atoms with Crippen molar-refractivity contribution in [3.63, 3.8) is 0 Å². The number of H-pyrrole nitrogens is 1. The lowest BCUT2D eigenvalue weighted by molar-refractivity contribution is 0.662. The van der Waals surface area contributed by atoms with Crippen molar-refractivity contribution in [3.8, 4) is 0 Å². The van der Waals surface area contributed by atoms with Gasteiger partial charge in [-0.25, -0.2) is 0 Å². The van der Waals surface area contributed by atoms with Crippen LogP contribution in [0.2, 0.25) is 0 Å². The van der Waals surface area contributed by atoms with Gasteiger partial charge in [0.1, 0.15) is 0 Å². The Kier molecular flexibility index (Phi) is 4.15. The summed E-state index contributed by atoms with van der Waals surface area (Å²) in [6, 6.07) is 8.33. The summed E-state index contributed by atoms with van der Waals surface area (Å²) in [6.45, 7) is 0.631. The summed E-state index contributed by atoms with van der Waals surface area (Å²) in [6.07, 6.45) is 2.76. The fourth-order valence-corrected chi connectivity index (χ4v) is 1.65. The topological polar surface area (TPSA) is 67.8 Å². The van der Waals surface area contributed by atoms with Gasteiger partial charge in [-0.15, -0.1) is 12.4 Å². The van der Waals surface area contributed by atoms with Crippen LogP contribution in [0.15, 0.2) is 30.5 Å². The van der Waals surface area contributed by atoms with Crippen molar-refractivity contribution in [1.82, 2.24) is 4.98 Å². The van der Waals surface area contributed by atoms with Crippen LogP contribution in [0.5, 0.6) is 0 Å². The van der Waals surface area contributed by atoms with Gasteiger partial charge in [-0.1, -0.05) is 6.07 Å². The van der Waals surface area contributed by atoms with E-state index in [1.54, 1.807) is 0 Å². The Morgan fingerprint density at radius 3 is 2.80 bits per heavy atom. The first-order valence-electron chi connectivity index (χ1n) is 4.84. The van der Waals surface area contributed by atoms with E-state index in [0.717, 1.165) is 17.5 Å². The van der Waals surface area contributed by atoms with Gasteiger partial charge in [0.05, 0.1) is 0 Å². The molecule has 0 saturated carbocycles. The van der Waals surface area contributed by atoms with Crippen LogP contribution in [-0.2, 0) is 0 Å². The largest absolute Gasteiger partial charge is 0.361 e. The summed E-state index contributed by atoms with van der Waals surface area (Å²) in [7, 11) is 0. The van der Waals surface area contributed by atoms with E-state index in [2.05, 4.69) is 23.2 Å². The molecule has 3 nitrogen and oxygen atoms in total. The predicted molar refractivity (Wildman–Crippen MR) is 66.1 cm³/mol. The maximum Gasteiger partial charge on any atom is 0.0454 e. The number of nitrogens with one attached hydrogen (secondary N) is 1. The van der Waals surface area contributed by atoms with Crippen molar-refractivity contribution in [3.05, 3.63) is 36.0 Å². The van der Waals surface area contributed by atoms with Crippen molar-refractivity contribution >= 4 is 23.3 Å². The standard InChI is InChI=1S/C11H15N3.ClH/c12-5-3-10(13)8-1-2-11-9(7-8)4-6-14-11;/h1-2,4,6-7,10,14H,3,5,12-13H2;1H/t10-;/m1./s1. The van der Waals surface area contributed by atoms with Gasteiger partial charge in [0.25, 0.3) is 0 Å². The van der Waals surface area contributed by atoms with E-state index in [1.165, 1.54) is 5.39 Å². The third-order valence-corrected chi connectivity index (χ3v) is 2.48. The molecule has 0 aliphatic carbocycles. The Hall–Kier alpha value is -1.03. The van der Waals surface area contributed by atoms with Crippen molar-refractivity contribution in [2.45, 2.75) is 12.5 Å². The number of aromatic amines is 1. The lowest BCUT2D eigenvalue weighted by atomic mass is 10.0. The van der Waals surface area contributed by atoms with Crippen LogP contribution >= 0.6 is 12.4 Å². The molecule has 5 N–H and O–H groups in total. The molecular weight excluding hydrogens is 210 g/mol. The molecule has 1 atom stereocenters. The van der Waals surface area contributed by atoms with Gasteiger partial charge in [-0.3, -0.25) is 0 Å². The van der Waals surface area contributed by atoms with E-state index in [4.69, 9.17) is 11.5 Å². The van der Waals surface area contributed by atoms with Crippen molar-refractivity contribution in [2.75, 3.05) is 6.54 Å². The first-order valence-corrected chi connectivity index (χ1v) is 4.84. The number of fused-ring (bicyclic) bond motifs is 1. The van der Waals surface area contributed by atoms with Crippen LogP contribution in [0.3, 0.4) is 0 Å². The van der Waals surface area contributed by atoms with E-state index >= 15 is 0 Å². The molecule has 0 spiro atoms. The van der Waals surface area contributed by atoms with E-state index in [0.29, 0.717) is 6.54 Å². The zero-order valence-corrected chi connectivity index (χ0v) is 9.26. The minimum Gasteiger partial charge on any atom is -0.361 e. The zero-order valence-electron chi connectivity index (χ0n) is 8.44. The van der Waals surface area contributed by atoms with Gasteiger partial charge in [0.2, 0.25) is 0 Å². The summed E-state index contributed by atoms with van der Waals surface area (Å²) in [4.78, 5) is 3.15. The molecule has 0 saturated heterocycles. The maximum atomic E-state index is 5.98. The zero-order chi connectivity index (χ0) is 9.97. The number of hydrogen-bond acceptors (Lipinski definition) is 2. The summed E-state index contributed by atoms with van der Waals surface area (Å²) in [5.41, 5.74) is 13.8. The fourth-order valence-electron chi connectivity index (χ4n) is 1.65. The quantitative estimate of drug-likeness (QED) is 0.747. The smallest absolute Gasteiger partial charge is 0.0454 e. The molecule has 4 heteroatoms. The number of aromatic nitrogens is 1. The highest BCUT2D eigenvalue weighted by Crippen LogP contribution is 2.19. The highest BCUT2D eigenvalue weighted by molar-refractivity contribution is 5.85. The average Bonchev–Trinajstić information content (AvgIpc) is 2.64. The Morgan fingerprint density at radius 2 is 2.07 bits per heavy atom. The first kappa shape index (κ1) is 12.0. The van der Waals surface area contributed by atoms with Gasteiger partial charge in [0, 0.05) is 17.8 Å². The van der Waals surface area contributed by atoms with Crippen LogP contribution in [0.4, 0.5) is 0 Å². The number of nitrogens with two attached hydrogens (primary N) is 2. The fraction of sp³-hybridized carbons (Fsp3) is 0.273. The van der Waals surface area contributed by atoms with Crippen LogP contribution in [-0.4, -0.2) is 11.5 Å². The SMILES string of the molecule is Cl.NCC[C@@H](N)c1ccc2[nH]ccc2c1. The van der Waals surface area contributed by atoms with Crippen molar-refractivity contribution in [1.29, 1.82) is 0 Å². The number of rotatable bonds is 3. The number of hydrogen-bond donors (Lipinski definition) is 3. The monoisotopic (exact) mass is 225 g/mol. The number of halogens is 1. The summed E-state index contributed by atoms with van der Waals surface area (Å²) < 4.78 is 0. The minimum atomic E-state index is 0. The lowest BCUT2D eigenvalue weighted by Crippen LogP contribution is -2.15. The van der Waals surface area contributed by atoms with Crippen LogP contribution in [0.25, 0.3) is 10.9 Å². The molecule has 82 valence electrons. The van der Waals surface area contributed by atoms with E-state index in [-0.39, 0.29) is 18.4 Å². The second-order valence-electron chi connectivity index (χ2n) is 3.51. The molecule has 0 aliphatic heterocycles. The summed E-state index contributed by atoms with van der Waals surface area (Å²) in [5, 5.41) is 1.20. The third kappa shape index (κ3) is 2.50. The molecule has 15 heavy (non-hydrogen) atoms. The molecule has 0 radical (unpaired) electrons. The molecule has 2 aromatic rings. The molecule has 2 rings (SSSR count). The lowest BCUT2D eigenvalue weighted by Gasteiger charge is -2.10. The normalized spacial score (nSPS) is 12.4. The highest BCUT2D eigenvalue weighted by Gasteiger charge is 2.05. The molecule has 1 heterocycles. The molecule has 0 unspecified atom stereocenters. The second-order valence-corrected chi connectivity index (χ2v) is 3.51. The van der Waals surface area contributed by atoms with E-state index < -0.39 is 0 Å². The molecule has 0 fully saturated rings. The van der Waals surface area contributed by atoms with Gasteiger partial charge in [-0.05, 0) is 42.1 Å². The summed E-state index contributed by atoms with van der Waals surface area (Å²) in [5.74, 6) is 0. The number of benzene rings is 1. The van der Waals surface area contributed by atoms with Gasteiger partial charge < -0.3 is 16.5 Å². The van der Waals surface area contributed by atoms with Crippen LogP contribution in [0, 0.1) is 0 Å². The van der Waals surface area contributed by atoms with Gasteiger partial charge in [-0.2, -0.15) is 0 Å². The van der Waals surface area contributed by atoms with Crippen LogP contribution < -0.4 is 11.5 Å². The maximum absolute atomic E-state index is 5.98. The molecule has 1 aromatic heterocycles. The Labute approximate surface area is 95.2 Å². The molecular formula is C11H16ClN3. The second kappa shape index (κ2) is 5.16. The van der Waals surface area contributed by atoms with Gasteiger partial charge >= 0.3 is 0 Å². The summed E-state index contributed by atoms with van der Waals surface area (Å²) >= 11 is 0. The predicted octanol–water partition coefficient (Wildman–Crippen LogP) is 1.94. The van der Waals surface area contributed by atoms with Gasteiger partial charge in [0.15, 0.2) is 0 Å². The average molecular weight is 226 g/mol. The molecule has 0 amide bonds. The Morgan fingerprint density at radius 1 is 1.27 bits per heavy atom. The van der Waals surface area contributed by atoms with Crippen molar-refractivity contribution in [2.24, 2.45) is 11.5 Å². The van der Waals surface area contributed by atoms with Crippen molar-refractivity contribution < 1.29 is 0 Å².